The maximum Gasteiger partial charge on any atom is 0.0723 e. The van der Waals surface area contributed by atoms with E-state index in [2.05, 4.69) is 31.0 Å². The van der Waals surface area contributed by atoms with Crippen LogP contribution in [0.15, 0.2) is 36.5 Å². The number of nitrogen functional groups attached to an aromatic ring is 1. The summed E-state index contributed by atoms with van der Waals surface area (Å²) in [5.74, 6) is 0. The lowest BCUT2D eigenvalue weighted by atomic mass is 9.77. The second-order valence-corrected chi connectivity index (χ2v) is 6.24. The molecule has 2 N–H and O–H groups in total. The van der Waals surface area contributed by atoms with Gasteiger partial charge in [0.05, 0.1) is 5.52 Å². The number of hydrogen-bond acceptors (Lipinski definition) is 2. The second-order valence-electron chi connectivity index (χ2n) is 6.24. The Hall–Kier alpha value is -1.83. The Morgan fingerprint density at radius 2 is 2.11 bits per heavy atom. The average Bonchev–Trinajstić information content (AvgIpc) is 2.39. The van der Waals surface area contributed by atoms with Gasteiger partial charge in [-0.3, -0.25) is 4.98 Å². The van der Waals surface area contributed by atoms with Gasteiger partial charge in [-0.05, 0) is 54.0 Å². The van der Waals surface area contributed by atoms with Crippen LogP contribution in [-0.2, 0) is 0 Å². The summed E-state index contributed by atoms with van der Waals surface area (Å²) < 4.78 is 0. The van der Waals surface area contributed by atoms with E-state index < -0.39 is 0 Å². The highest BCUT2D eigenvalue weighted by molar-refractivity contribution is 5.92. The molecule has 1 aromatic carbocycles. The fraction of sp³-hybridized carbons (Fsp3) is 0.353. The normalized spacial score (nSPS) is 18.3. The smallest absolute Gasteiger partial charge is 0.0723 e. The molecular formula is C17H20N2. The number of benzene rings is 1. The maximum atomic E-state index is 6.04. The first-order chi connectivity index (χ1) is 9.05. The minimum Gasteiger partial charge on any atom is -0.398 e. The van der Waals surface area contributed by atoms with Crippen molar-refractivity contribution < 1.29 is 0 Å². The third-order valence-corrected chi connectivity index (χ3v) is 4.10. The molecule has 19 heavy (non-hydrogen) atoms. The van der Waals surface area contributed by atoms with Gasteiger partial charge < -0.3 is 5.73 Å². The number of rotatable bonds is 1. The molecule has 2 heteroatoms. The fourth-order valence-corrected chi connectivity index (χ4v) is 2.69. The molecule has 0 fully saturated rings. The number of hydrogen-bond donors (Lipinski definition) is 1. The zero-order valence-electron chi connectivity index (χ0n) is 11.6. The highest BCUT2D eigenvalue weighted by atomic mass is 14.7. The van der Waals surface area contributed by atoms with Gasteiger partial charge >= 0.3 is 0 Å². The van der Waals surface area contributed by atoms with Gasteiger partial charge in [0, 0.05) is 17.3 Å². The van der Waals surface area contributed by atoms with E-state index in [1.165, 1.54) is 17.6 Å². The number of nitrogens with zero attached hydrogens (tertiary/aromatic N) is 1. The number of fused-ring (bicyclic) bond motifs is 1. The lowest BCUT2D eigenvalue weighted by Gasteiger charge is -2.28. The van der Waals surface area contributed by atoms with Gasteiger partial charge in [-0.25, -0.2) is 0 Å². The van der Waals surface area contributed by atoms with Crippen molar-refractivity contribution in [2.24, 2.45) is 5.41 Å². The molecule has 0 spiro atoms. The molecule has 0 atom stereocenters. The van der Waals surface area contributed by atoms with Gasteiger partial charge in [0.25, 0.3) is 0 Å². The molecule has 0 amide bonds. The summed E-state index contributed by atoms with van der Waals surface area (Å²) >= 11 is 0. The Balaban J connectivity index is 2.03. The van der Waals surface area contributed by atoms with Crippen LogP contribution in [0.1, 0.15) is 38.7 Å². The van der Waals surface area contributed by atoms with Gasteiger partial charge in [-0.2, -0.15) is 0 Å². The monoisotopic (exact) mass is 252 g/mol. The first-order valence-corrected chi connectivity index (χ1v) is 6.89. The topological polar surface area (TPSA) is 38.9 Å². The van der Waals surface area contributed by atoms with Crippen LogP contribution in [0, 0.1) is 5.41 Å². The summed E-state index contributed by atoms with van der Waals surface area (Å²) in [6.45, 7) is 4.66. The van der Waals surface area contributed by atoms with Crippen molar-refractivity contribution in [2.45, 2.75) is 33.1 Å². The summed E-state index contributed by atoms with van der Waals surface area (Å²) in [7, 11) is 0. The van der Waals surface area contributed by atoms with Crippen LogP contribution < -0.4 is 5.73 Å². The van der Waals surface area contributed by atoms with Gasteiger partial charge in [0.2, 0.25) is 0 Å². The average molecular weight is 252 g/mol. The SMILES string of the molecule is CC1(C)CC=C(c2cnc3cccc(N)c3c2)CC1. The minimum atomic E-state index is 0.437. The fourth-order valence-electron chi connectivity index (χ4n) is 2.69. The van der Waals surface area contributed by atoms with Crippen LogP contribution in [0.4, 0.5) is 5.69 Å². The van der Waals surface area contributed by atoms with Crippen molar-refractivity contribution in [1.29, 1.82) is 0 Å². The molecule has 98 valence electrons. The molecule has 1 aliphatic carbocycles. The van der Waals surface area contributed by atoms with Crippen LogP contribution in [0.2, 0.25) is 0 Å². The van der Waals surface area contributed by atoms with Crippen LogP contribution in [0.5, 0.6) is 0 Å². The van der Waals surface area contributed by atoms with Crippen LogP contribution in [0.3, 0.4) is 0 Å². The van der Waals surface area contributed by atoms with Gasteiger partial charge in [-0.1, -0.05) is 26.0 Å². The molecular weight excluding hydrogens is 232 g/mol. The van der Waals surface area contributed by atoms with E-state index in [0.29, 0.717) is 5.41 Å². The largest absolute Gasteiger partial charge is 0.398 e. The maximum absolute atomic E-state index is 6.04. The first-order valence-electron chi connectivity index (χ1n) is 6.89. The Bertz CT molecular complexity index is 653. The standard InChI is InChI=1S/C17H20N2/c1-17(2)8-6-12(7-9-17)13-10-14-15(18)4-3-5-16(14)19-11-13/h3-6,10-11H,7-9,18H2,1-2H3. The molecule has 0 saturated heterocycles. The van der Waals surface area contributed by atoms with E-state index >= 15 is 0 Å². The summed E-state index contributed by atoms with van der Waals surface area (Å²) in [4.78, 5) is 4.53. The van der Waals surface area contributed by atoms with Crippen molar-refractivity contribution in [3.05, 3.63) is 42.1 Å². The lowest BCUT2D eigenvalue weighted by molar-refractivity contribution is 0.335. The van der Waals surface area contributed by atoms with Gasteiger partial charge in [-0.15, -0.1) is 0 Å². The molecule has 0 saturated carbocycles. The molecule has 2 aromatic rings. The number of allylic oxidation sites excluding steroid dienone is 2. The predicted molar refractivity (Wildman–Crippen MR) is 81.8 cm³/mol. The number of anilines is 1. The minimum absolute atomic E-state index is 0.437. The second kappa shape index (κ2) is 4.37. The summed E-state index contributed by atoms with van der Waals surface area (Å²) in [6.07, 6.45) is 7.86. The highest BCUT2D eigenvalue weighted by Gasteiger charge is 2.22. The molecule has 0 aliphatic heterocycles. The van der Waals surface area contributed by atoms with E-state index in [1.807, 2.05) is 24.4 Å². The van der Waals surface area contributed by atoms with Crippen molar-refractivity contribution in [1.82, 2.24) is 4.98 Å². The van der Waals surface area contributed by atoms with Crippen molar-refractivity contribution in [3.8, 4) is 0 Å². The molecule has 1 heterocycles. The van der Waals surface area contributed by atoms with E-state index in [-0.39, 0.29) is 0 Å². The summed E-state index contributed by atoms with van der Waals surface area (Å²) in [6, 6.07) is 8.08. The molecule has 2 nitrogen and oxygen atoms in total. The predicted octanol–water partition coefficient (Wildman–Crippen LogP) is 4.41. The van der Waals surface area contributed by atoms with E-state index in [0.717, 1.165) is 29.4 Å². The van der Waals surface area contributed by atoms with E-state index in [4.69, 9.17) is 5.73 Å². The lowest BCUT2D eigenvalue weighted by Crippen LogP contribution is -2.14. The zero-order chi connectivity index (χ0) is 13.5. The quantitative estimate of drug-likeness (QED) is 0.763. The van der Waals surface area contributed by atoms with Crippen molar-refractivity contribution >= 4 is 22.2 Å². The van der Waals surface area contributed by atoms with Crippen LogP contribution in [-0.4, -0.2) is 4.98 Å². The highest BCUT2D eigenvalue weighted by Crippen LogP contribution is 2.38. The molecule has 1 aliphatic rings. The molecule has 0 radical (unpaired) electrons. The van der Waals surface area contributed by atoms with Gasteiger partial charge in [0.1, 0.15) is 0 Å². The molecule has 3 rings (SSSR count). The van der Waals surface area contributed by atoms with E-state index in [9.17, 15) is 0 Å². The molecule has 0 unspecified atom stereocenters. The molecule has 0 bridgehead atoms. The Labute approximate surface area is 114 Å². The van der Waals surface area contributed by atoms with Crippen molar-refractivity contribution in [3.63, 3.8) is 0 Å². The third kappa shape index (κ3) is 2.35. The summed E-state index contributed by atoms with van der Waals surface area (Å²) in [5.41, 5.74) is 10.9. The number of pyridine rings is 1. The first kappa shape index (κ1) is 12.2. The van der Waals surface area contributed by atoms with Crippen LogP contribution >= 0.6 is 0 Å². The number of aromatic nitrogens is 1. The zero-order valence-corrected chi connectivity index (χ0v) is 11.6. The Morgan fingerprint density at radius 3 is 2.84 bits per heavy atom. The Kier molecular flexibility index (Phi) is 2.81. The van der Waals surface area contributed by atoms with Crippen LogP contribution in [0.25, 0.3) is 16.5 Å². The third-order valence-electron chi connectivity index (χ3n) is 4.10. The van der Waals surface area contributed by atoms with E-state index in [1.54, 1.807) is 0 Å². The van der Waals surface area contributed by atoms with Crippen molar-refractivity contribution in [2.75, 3.05) is 5.73 Å². The number of nitrogens with two attached hydrogens (primary N) is 1. The van der Waals surface area contributed by atoms with Gasteiger partial charge in [0.15, 0.2) is 0 Å². The summed E-state index contributed by atoms with van der Waals surface area (Å²) in [5, 5.41) is 1.06. The Morgan fingerprint density at radius 1 is 1.26 bits per heavy atom. The molecule has 1 aromatic heterocycles.